The first-order valence-corrected chi connectivity index (χ1v) is 7.05. The Bertz CT molecular complexity index is 379. The van der Waals surface area contributed by atoms with Crippen LogP contribution in [0.1, 0.15) is 32.4 Å². The number of rotatable bonds is 3. The average molecular weight is 263 g/mol. The van der Waals surface area contributed by atoms with Gasteiger partial charge in [-0.15, -0.1) is 0 Å². The highest BCUT2D eigenvalue weighted by molar-refractivity contribution is 5.21. The predicted molar refractivity (Wildman–Crippen MR) is 77.0 cm³/mol. The lowest BCUT2D eigenvalue weighted by atomic mass is 9.81. The van der Waals surface area contributed by atoms with Crippen molar-refractivity contribution in [2.75, 3.05) is 26.3 Å². The minimum Gasteiger partial charge on any atom is -0.391 e. The molecule has 1 saturated heterocycles. The molecular weight excluding hydrogens is 238 g/mol. The molecule has 1 aromatic rings. The number of hydrogen-bond donors (Lipinski definition) is 1. The monoisotopic (exact) mass is 263 g/mol. The van der Waals surface area contributed by atoms with E-state index in [1.54, 1.807) is 0 Å². The summed E-state index contributed by atoms with van der Waals surface area (Å²) in [7, 11) is 0. The number of nitrogens with zero attached hydrogens (tertiary/aromatic N) is 1. The van der Waals surface area contributed by atoms with Crippen LogP contribution in [0.25, 0.3) is 0 Å². The van der Waals surface area contributed by atoms with Crippen LogP contribution in [-0.4, -0.2) is 42.4 Å². The van der Waals surface area contributed by atoms with Crippen molar-refractivity contribution >= 4 is 0 Å². The largest absolute Gasteiger partial charge is 0.391 e. The first-order chi connectivity index (χ1) is 9.00. The van der Waals surface area contributed by atoms with Crippen molar-refractivity contribution < 1.29 is 9.84 Å². The molecule has 106 valence electrons. The number of benzene rings is 1. The van der Waals surface area contributed by atoms with E-state index in [2.05, 4.69) is 37.8 Å². The molecule has 1 aliphatic heterocycles. The second-order valence-corrected chi connectivity index (χ2v) is 6.31. The number of aliphatic hydroxyl groups excluding tert-OH is 1. The Labute approximate surface area is 116 Å². The minimum absolute atomic E-state index is 0.0464. The van der Waals surface area contributed by atoms with Gasteiger partial charge in [0.05, 0.1) is 25.4 Å². The van der Waals surface area contributed by atoms with Crippen molar-refractivity contribution in [2.24, 2.45) is 5.41 Å². The molecule has 1 aliphatic rings. The lowest BCUT2D eigenvalue weighted by Gasteiger charge is -2.42. The third-order valence-corrected chi connectivity index (χ3v) is 3.77. The number of ether oxygens (including phenoxy) is 1. The molecule has 0 amide bonds. The van der Waals surface area contributed by atoms with Crippen LogP contribution in [0.15, 0.2) is 30.3 Å². The smallest absolute Gasteiger partial charge is 0.0785 e. The first kappa shape index (κ1) is 14.5. The van der Waals surface area contributed by atoms with Crippen LogP contribution in [0.5, 0.6) is 0 Å². The summed E-state index contributed by atoms with van der Waals surface area (Å²) in [4.78, 5) is 2.34. The first-order valence-electron chi connectivity index (χ1n) is 7.05. The Morgan fingerprint density at radius 2 is 1.68 bits per heavy atom. The van der Waals surface area contributed by atoms with Crippen LogP contribution in [0.3, 0.4) is 0 Å². The quantitative estimate of drug-likeness (QED) is 0.909. The van der Waals surface area contributed by atoms with Gasteiger partial charge in [0.2, 0.25) is 0 Å². The molecule has 0 bridgehead atoms. The molecule has 3 nitrogen and oxygen atoms in total. The third kappa shape index (κ3) is 3.56. The topological polar surface area (TPSA) is 32.7 Å². The molecule has 19 heavy (non-hydrogen) atoms. The van der Waals surface area contributed by atoms with Gasteiger partial charge >= 0.3 is 0 Å². The molecule has 2 rings (SSSR count). The van der Waals surface area contributed by atoms with Gasteiger partial charge in [0.25, 0.3) is 0 Å². The summed E-state index contributed by atoms with van der Waals surface area (Å²) >= 11 is 0. The number of hydrogen-bond acceptors (Lipinski definition) is 3. The van der Waals surface area contributed by atoms with E-state index in [-0.39, 0.29) is 11.5 Å². The van der Waals surface area contributed by atoms with E-state index < -0.39 is 6.10 Å². The summed E-state index contributed by atoms with van der Waals surface area (Å²) in [6.07, 6.45) is -0.395. The lowest BCUT2D eigenvalue weighted by Crippen LogP contribution is -2.47. The summed E-state index contributed by atoms with van der Waals surface area (Å²) in [5, 5.41) is 10.8. The molecule has 0 radical (unpaired) electrons. The van der Waals surface area contributed by atoms with Crippen LogP contribution in [0.2, 0.25) is 0 Å². The molecule has 2 atom stereocenters. The molecule has 0 aliphatic carbocycles. The zero-order chi connectivity index (χ0) is 13.9. The normalized spacial score (nSPS) is 21.1. The second-order valence-electron chi connectivity index (χ2n) is 6.31. The van der Waals surface area contributed by atoms with Crippen LogP contribution in [-0.2, 0) is 4.74 Å². The highest BCUT2D eigenvalue weighted by atomic mass is 16.5. The molecular formula is C16H25NO2. The van der Waals surface area contributed by atoms with E-state index in [9.17, 15) is 5.11 Å². The summed E-state index contributed by atoms with van der Waals surface area (Å²) in [5.74, 6) is 0. The van der Waals surface area contributed by atoms with Gasteiger partial charge < -0.3 is 9.84 Å². The van der Waals surface area contributed by atoms with Crippen LogP contribution in [0, 0.1) is 5.41 Å². The molecule has 1 aromatic carbocycles. The Balaban J connectivity index is 2.27. The zero-order valence-electron chi connectivity index (χ0n) is 12.2. The standard InChI is InChI=1S/C16H25NO2/c1-16(2,3)15(18)14(13-7-5-4-6-8-13)17-9-11-19-12-10-17/h4-8,14-15,18H,9-12H2,1-3H3/t14-,15-/m0/s1. The summed E-state index contributed by atoms with van der Waals surface area (Å²) in [6.45, 7) is 9.54. The van der Waals surface area contributed by atoms with Crippen LogP contribution >= 0.6 is 0 Å². The zero-order valence-corrected chi connectivity index (χ0v) is 12.2. The van der Waals surface area contributed by atoms with E-state index in [1.807, 2.05) is 18.2 Å². The van der Waals surface area contributed by atoms with Crippen molar-refractivity contribution in [1.82, 2.24) is 4.90 Å². The molecule has 0 unspecified atom stereocenters. The molecule has 1 fully saturated rings. The van der Waals surface area contributed by atoms with Gasteiger partial charge in [-0.25, -0.2) is 0 Å². The van der Waals surface area contributed by atoms with Crippen molar-refractivity contribution in [2.45, 2.75) is 32.9 Å². The Hall–Kier alpha value is -0.900. The van der Waals surface area contributed by atoms with Crippen LogP contribution in [0.4, 0.5) is 0 Å². The number of morpholine rings is 1. The van der Waals surface area contributed by atoms with E-state index in [1.165, 1.54) is 5.56 Å². The summed E-state index contributed by atoms with van der Waals surface area (Å²) < 4.78 is 5.43. The van der Waals surface area contributed by atoms with Gasteiger partial charge in [0, 0.05) is 13.1 Å². The van der Waals surface area contributed by atoms with Gasteiger partial charge in [0.15, 0.2) is 0 Å². The van der Waals surface area contributed by atoms with Gasteiger partial charge in [-0.05, 0) is 11.0 Å². The van der Waals surface area contributed by atoms with Gasteiger partial charge in [-0.3, -0.25) is 4.90 Å². The Morgan fingerprint density at radius 1 is 1.11 bits per heavy atom. The fourth-order valence-electron chi connectivity index (χ4n) is 2.57. The average Bonchev–Trinajstić information content (AvgIpc) is 2.40. The van der Waals surface area contributed by atoms with Gasteiger partial charge in [0.1, 0.15) is 0 Å². The fourth-order valence-corrected chi connectivity index (χ4v) is 2.57. The molecule has 1 heterocycles. The van der Waals surface area contributed by atoms with Gasteiger partial charge in [-0.2, -0.15) is 0 Å². The van der Waals surface area contributed by atoms with Crippen molar-refractivity contribution in [1.29, 1.82) is 0 Å². The second kappa shape index (κ2) is 6.04. The van der Waals surface area contributed by atoms with E-state index in [4.69, 9.17) is 4.74 Å². The summed E-state index contributed by atoms with van der Waals surface area (Å²) in [6, 6.07) is 10.4. The highest BCUT2D eigenvalue weighted by Crippen LogP contribution is 2.34. The lowest BCUT2D eigenvalue weighted by molar-refractivity contribution is -0.0571. The maximum atomic E-state index is 10.8. The van der Waals surface area contributed by atoms with E-state index in [0.29, 0.717) is 0 Å². The number of aliphatic hydroxyl groups is 1. The molecule has 3 heteroatoms. The SMILES string of the molecule is CC(C)(C)[C@@H](O)[C@H](c1ccccc1)N1CCOCC1. The van der Waals surface area contributed by atoms with Crippen molar-refractivity contribution in [3.8, 4) is 0 Å². The van der Waals surface area contributed by atoms with Crippen molar-refractivity contribution in [3.63, 3.8) is 0 Å². The van der Waals surface area contributed by atoms with Gasteiger partial charge in [-0.1, -0.05) is 51.1 Å². The minimum atomic E-state index is -0.395. The van der Waals surface area contributed by atoms with Crippen LogP contribution < -0.4 is 0 Å². The maximum absolute atomic E-state index is 10.8. The van der Waals surface area contributed by atoms with Crippen molar-refractivity contribution in [3.05, 3.63) is 35.9 Å². The third-order valence-electron chi connectivity index (χ3n) is 3.77. The van der Waals surface area contributed by atoms with E-state index in [0.717, 1.165) is 26.3 Å². The predicted octanol–water partition coefficient (Wildman–Crippen LogP) is 2.47. The Kier molecular flexibility index (Phi) is 4.61. The van der Waals surface area contributed by atoms with E-state index >= 15 is 0 Å². The Morgan fingerprint density at radius 3 is 2.21 bits per heavy atom. The fraction of sp³-hybridized carbons (Fsp3) is 0.625. The maximum Gasteiger partial charge on any atom is 0.0785 e. The summed E-state index contributed by atoms with van der Waals surface area (Å²) in [5.41, 5.74) is 1.05. The molecule has 1 N–H and O–H groups in total. The molecule has 0 spiro atoms. The molecule has 0 aromatic heterocycles. The highest BCUT2D eigenvalue weighted by Gasteiger charge is 2.35. The molecule has 0 saturated carbocycles.